The van der Waals surface area contributed by atoms with Crippen LogP contribution in [0.2, 0.25) is 0 Å². The summed E-state index contributed by atoms with van der Waals surface area (Å²) in [5, 5.41) is 5.17. The fourth-order valence-electron chi connectivity index (χ4n) is 2.95. The predicted octanol–water partition coefficient (Wildman–Crippen LogP) is 4.57. The molecule has 3 aromatic carbocycles. The van der Waals surface area contributed by atoms with Gasteiger partial charge in [0.2, 0.25) is 0 Å². The Kier molecular flexibility index (Phi) is 5.03. The lowest BCUT2D eigenvalue weighted by Crippen LogP contribution is -2.28. The van der Waals surface area contributed by atoms with Crippen molar-refractivity contribution in [3.63, 3.8) is 0 Å². The molecule has 0 heterocycles. The number of rotatable bonds is 5. The molecule has 3 heteroatoms. The van der Waals surface area contributed by atoms with Crippen molar-refractivity contribution >= 4 is 16.7 Å². The number of hydrogen-bond donors (Lipinski definition) is 1. The van der Waals surface area contributed by atoms with E-state index in [9.17, 15) is 4.79 Å². The average Bonchev–Trinajstić information content (AvgIpc) is 2.61. The molecule has 0 aromatic heterocycles. The second-order valence-corrected chi connectivity index (χ2v) is 6.33. The number of carbonyl (C=O) groups excluding carboxylic acids is 1. The molecule has 0 unspecified atom stereocenters. The average molecular weight is 333 g/mol. The molecule has 3 nitrogen and oxygen atoms in total. The molecule has 25 heavy (non-hydrogen) atoms. The summed E-state index contributed by atoms with van der Waals surface area (Å²) in [5.41, 5.74) is 4.06. The molecular formula is C22H23NO2. The number of ether oxygens (including phenoxy) is 1. The highest BCUT2D eigenvalue weighted by atomic mass is 16.5. The van der Waals surface area contributed by atoms with E-state index < -0.39 is 0 Å². The van der Waals surface area contributed by atoms with E-state index in [2.05, 4.69) is 30.4 Å². The maximum Gasteiger partial charge on any atom is 0.251 e. The lowest BCUT2D eigenvalue weighted by atomic mass is 10.0. The molecule has 3 rings (SSSR count). The van der Waals surface area contributed by atoms with Gasteiger partial charge in [0.15, 0.2) is 0 Å². The van der Waals surface area contributed by atoms with Crippen LogP contribution in [0.4, 0.5) is 0 Å². The summed E-state index contributed by atoms with van der Waals surface area (Å²) in [6.45, 7) is 6.95. The van der Waals surface area contributed by atoms with Gasteiger partial charge in [0.25, 0.3) is 5.91 Å². The van der Waals surface area contributed by atoms with E-state index in [0.29, 0.717) is 13.2 Å². The molecule has 1 amide bonds. The van der Waals surface area contributed by atoms with E-state index in [0.717, 1.165) is 33.2 Å². The van der Waals surface area contributed by atoms with Crippen molar-refractivity contribution in [2.24, 2.45) is 0 Å². The lowest BCUT2D eigenvalue weighted by Gasteiger charge is -2.12. The second kappa shape index (κ2) is 7.39. The van der Waals surface area contributed by atoms with E-state index in [1.165, 1.54) is 5.56 Å². The van der Waals surface area contributed by atoms with Gasteiger partial charge in [-0.15, -0.1) is 0 Å². The van der Waals surface area contributed by atoms with Gasteiger partial charge < -0.3 is 10.1 Å². The van der Waals surface area contributed by atoms with Crippen molar-refractivity contribution in [1.82, 2.24) is 5.32 Å². The fraction of sp³-hybridized carbons (Fsp3) is 0.227. The van der Waals surface area contributed by atoms with E-state index in [1.54, 1.807) is 0 Å². The minimum absolute atomic E-state index is 0.0536. The molecule has 3 aromatic rings. The SMILES string of the molecule is Cc1cc(C)c(C(=O)NCCOc2cccc3ccccc23)cc1C. The fourth-order valence-corrected chi connectivity index (χ4v) is 2.95. The van der Waals surface area contributed by atoms with Crippen LogP contribution in [0.3, 0.4) is 0 Å². The van der Waals surface area contributed by atoms with Crippen LogP contribution in [0.5, 0.6) is 5.75 Å². The quantitative estimate of drug-likeness (QED) is 0.694. The summed E-state index contributed by atoms with van der Waals surface area (Å²) < 4.78 is 5.86. The Labute approximate surface area is 148 Å². The predicted molar refractivity (Wildman–Crippen MR) is 102 cm³/mol. The van der Waals surface area contributed by atoms with Gasteiger partial charge >= 0.3 is 0 Å². The van der Waals surface area contributed by atoms with Gasteiger partial charge in [0.05, 0.1) is 6.54 Å². The van der Waals surface area contributed by atoms with Crippen LogP contribution in [-0.2, 0) is 0 Å². The molecule has 0 saturated carbocycles. The van der Waals surface area contributed by atoms with Crippen LogP contribution in [0.1, 0.15) is 27.0 Å². The number of carbonyl (C=O) groups is 1. The molecule has 0 aliphatic rings. The maximum absolute atomic E-state index is 12.4. The van der Waals surface area contributed by atoms with E-state index in [-0.39, 0.29) is 5.91 Å². The molecule has 0 radical (unpaired) electrons. The first-order valence-electron chi connectivity index (χ1n) is 8.53. The van der Waals surface area contributed by atoms with Crippen molar-refractivity contribution in [2.75, 3.05) is 13.2 Å². The van der Waals surface area contributed by atoms with Crippen molar-refractivity contribution in [1.29, 1.82) is 0 Å². The van der Waals surface area contributed by atoms with Gasteiger partial charge in [0, 0.05) is 10.9 Å². The minimum atomic E-state index is -0.0536. The van der Waals surface area contributed by atoms with Gasteiger partial charge in [-0.25, -0.2) is 0 Å². The summed E-state index contributed by atoms with van der Waals surface area (Å²) >= 11 is 0. The number of nitrogens with one attached hydrogen (secondary N) is 1. The summed E-state index contributed by atoms with van der Waals surface area (Å²) in [5.74, 6) is 0.789. The highest BCUT2D eigenvalue weighted by Gasteiger charge is 2.10. The number of aryl methyl sites for hydroxylation is 3. The summed E-state index contributed by atoms with van der Waals surface area (Å²) in [6.07, 6.45) is 0. The van der Waals surface area contributed by atoms with Crippen molar-refractivity contribution in [2.45, 2.75) is 20.8 Å². The third-order valence-corrected chi connectivity index (χ3v) is 4.48. The Morgan fingerprint density at radius 1 is 0.920 bits per heavy atom. The van der Waals surface area contributed by atoms with Crippen LogP contribution in [0.15, 0.2) is 54.6 Å². The van der Waals surface area contributed by atoms with Gasteiger partial charge in [-0.3, -0.25) is 4.79 Å². The van der Waals surface area contributed by atoms with Crippen LogP contribution < -0.4 is 10.1 Å². The standard InChI is InChI=1S/C22H23NO2/c1-15-13-17(3)20(14-16(15)2)22(24)23-11-12-25-21-10-6-8-18-7-4-5-9-19(18)21/h4-10,13-14H,11-12H2,1-3H3,(H,23,24). The Morgan fingerprint density at radius 2 is 1.64 bits per heavy atom. The van der Waals surface area contributed by atoms with Crippen LogP contribution in [0, 0.1) is 20.8 Å². The van der Waals surface area contributed by atoms with Crippen LogP contribution >= 0.6 is 0 Å². The number of fused-ring (bicyclic) bond motifs is 1. The Bertz CT molecular complexity index is 910. The third kappa shape index (κ3) is 3.82. The van der Waals surface area contributed by atoms with Crippen molar-refractivity contribution in [3.05, 3.63) is 76.9 Å². The molecular weight excluding hydrogens is 310 g/mol. The van der Waals surface area contributed by atoms with E-state index in [1.807, 2.05) is 50.2 Å². The molecule has 0 fully saturated rings. The first-order valence-corrected chi connectivity index (χ1v) is 8.53. The zero-order valence-electron chi connectivity index (χ0n) is 14.9. The zero-order valence-corrected chi connectivity index (χ0v) is 14.9. The second-order valence-electron chi connectivity index (χ2n) is 6.33. The first kappa shape index (κ1) is 17.0. The topological polar surface area (TPSA) is 38.3 Å². The van der Waals surface area contributed by atoms with Gasteiger partial charge in [-0.2, -0.15) is 0 Å². The monoisotopic (exact) mass is 333 g/mol. The molecule has 0 aliphatic carbocycles. The van der Waals surface area contributed by atoms with Gasteiger partial charge in [0.1, 0.15) is 12.4 Å². The van der Waals surface area contributed by atoms with Crippen molar-refractivity contribution in [3.8, 4) is 5.75 Å². The minimum Gasteiger partial charge on any atom is -0.491 e. The highest BCUT2D eigenvalue weighted by molar-refractivity contribution is 5.96. The van der Waals surface area contributed by atoms with E-state index >= 15 is 0 Å². The van der Waals surface area contributed by atoms with Crippen LogP contribution in [-0.4, -0.2) is 19.1 Å². The largest absolute Gasteiger partial charge is 0.491 e. The maximum atomic E-state index is 12.4. The molecule has 0 saturated heterocycles. The summed E-state index contributed by atoms with van der Waals surface area (Å²) in [7, 11) is 0. The Morgan fingerprint density at radius 3 is 2.48 bits per heavy atom. The molecule has 0 bridgehead atoms. The molecule has 1 N–H and O–H groups in total. The summed E-state index contributed by atoms with van der Waals surface area (Å²) in [4.78, 5) is 12.4. The van der Waals surface area contributed by atoms with Gasteiger partial charge in [-0.1, -0.05) is 42.5 Å². The summed E-state index contributed by atoms with van der Waals surface area (Å²) in [6, 6.07) is 18.1. The van der Waals surface area contributed by atoms with Crippen molar-refractivity contribution < 1.29 is 9.53 Å². The Balaban J connectivity index is 1.60. The number of hydrogen-bond acceptors (Lipinski definition) is 2. The number of amides is 1. The molecule has 0 atom stereocenters. The normalized spacial score (nSPS) is 10.7. The lowest BCUT2D eigenvalue weighted by molar-refractivity contribution is 0.0946. The van der Waals surface area contributed by atoms with Gasteiger partial charge in [-0.05, 0) is 55.0 Å². The highest BCUT2D eigenvalue weighted by Crippen LogP contribution is 2.24. The first-order chi connectivity index (χ1) is 12.1. The Hall–Kier alpha value is -2.81. The molecule has 0 aliphatic heterocycles. The molecule has 0 spiro atoms. The van der Waals surface area contributed by atoms with Crippen LogP contribution in [0.25, 0.3) is 10.8 Å². The third-order valence-electron chi connectivity index (χ3n) is 4.48. The smallest absolute Gasteiger partial charge is 0.251 e. The van der Waals surface area contributed by atoms with E-state index in [4.69, 9.17) is 4.74 Å². The number of benzene rings is 3. The zero-order chi connectivity index (χ0) is 17.8. The molecule has 128 valence electrons.